The minimum absolute atomic E-state index is 0.236. The lowest BCUT2D eigenvalue weighted by Crippen LogP contribution is -2.23. The van der Waals surface area contributed by atoms with Crippen LogP contribution in [0.15, 0.2) is 47.8 Å². The van der Waals surface area contributed by atoms with Crippen molar-refractivity contribution in [3.63, 3.8) is 0 Å². The average molecular weight is 386 g/mol. The van der Waals surface area contributed by atoms with Gasteiger partial charge in [-0.2, -0.15) is 0 Å². The first-order chi connectivity index (χ1) is 13.1. The Labute approximate surface area is 160 Å². The van der Waals surface area contributed by atoms with Gasteiger partial charge >= 0.3 is 0 Å². The van der Waals surface area contributed by atoms with E-state index in [1.807, 2.05) is 25.1 Å². The molecule has 3 rings (SSSR count). The van der Waals surface area contributed by atoms with Crippen molar-refractivity contribution in [2.75, 3.05) is 13.7 Å². The highest BCUT2D eigenvalue weighted by atomic mass is 32.1. The number of hydrogen-bond donors (Lipinski definition) is 1. The Bertz CT molecular complexity index is 942. The summed E-state index contributed by atoms with van der Waals surface area (Å²) in [6, 6.07) is 11.6. The lowest BCUT2D eigenvalue weighted by molar-refractivity contribution is 0.0946. The second kappa shape index (κ2) is 8.64. The standard InChI is InChI=1S/C20H19FN2O3S/c1-3-26-17-8-7-14(10-18(17)25-2)20-23-16(12-27-20)19(24)22-11-13-5-4-6-15(21)9-13/h4-10,12H,3,11H2,1-2H3,(H,22,24). The van der Waals surface area contributed by atoms with Crippen LogP contribution in [0, 0.1) is 5.82 Å². The van der Waals surface area contributed by atoms with Crippen molar-refractivity contribution in [3.8, 4) is 22.1 Å². The van der Waals surface area contributed by atoms with Crippen LogP contribution in [0.1, 0.15) is 23.0 Å². The summed E-state index contributed by atoms with van der Waals surface area (Å²) in [5.41, 5.74) is 1.85. The van der Waals surface area contributed by atoms with Crippen LogP contribution >= 0.6 is 11.3 Å². The zero-order valence-electron chi connectivity index (χ0n) is 15.0. The van der Waals surface area contributed by atoms with E-state index in [1.165, 1.54) is 23.5 Å². The number of ether oxygens (including phenoxy) is 2. The van der Waals surface area contributed by atoms with Gasteiger partial charge in [0, 0.05) is 17.5 Å². The van der Waals surface area contributed by atoms with Crippen molar-refractivity contribution >= 4 is 17.2 Å². The molecule has 0 atom stereocenters. The highest BCUT2D eigenvalue weighted by molar-refractivity contribution is 7.13. The van der Waals surface area contributed by atoms with Gasteiger partial charge in [0.1, 0.15) is 16.5 Å². The molecule has 0 saturated carbocycles. The molecule has 0 saturated heterocycles. The first-order valence-corrected chi connectivity index (χ1v) is 9.28. The first kappa shape index (κ1) is 18.8. The van der Waals surface area contributed by atoms with E-state index in [4.69, 9.17) is 9.47 Å². The van der Waals surface area contributed by atoms with E-state index in [1.54, 1.807) is 24.6 Å². The van der Waals surface area contributed by atoms with Crippen molar-refractivity contribution in [1.29, 1.82) is 0 Å². The Balaban J connectivity index is 1.71. The van der Waals surface area contributed by atoms with Crippen molar-refractivity contribution in [3.05, 3.63) is 64.9 Å². The molecule has 3 aromatic rings. The van der Waals surface area contributed by atoms with E-state index in [9.17, 15) is 9.18 Å². The number of aromatic nitrogens is 1. The zero-order valence-corrected chi connectivity index (χ0v) is 15.8. The summed E-state index contributed by atoms with van der Waals surface area (Å²) in [5, 5.41) is 5.14. The Morgan fingerprint density at radius 3 is 2.81 bits per heavy atom. The van der Waals surface area contributed by atoms with Gasteiger partial charge in [-0.3, -0.25) is 4.79 Å². The maximum absolute atomic E-state index is 13.2. The average Bonchev–Trinajstić information content (AvgIpc) is 3.17. The van der Waals surface area contributed by atoms with Gasteiger partial charge in [-0.25, -0.2) is 9.37 Å². The molecule has 27 heavy (non-hydrogen) atoms. The Kier molecular flexibility index (Phi) is 6.03. The molecule has 140 valence electrons. The van der Waals surface area contributed by atoms with Gasteiger partial charge in [0.2, 0.25) is 0 Å². The SMILES string of the molecule is CCOc1ccc(-c2nc(C(=O)NCc3cccc(F)c3)cs2)cc1OC. The maximum Gasteiger partial charge on any atom is 0.271 e. The van der Waals surface area contributed by atoms with Crippen molar-refractivity contribution in [1.82, 2.24) is 10.3 Å². The number of carbonyl (C=O) groups is 1. The minimum Gasteiger partial charge on any atom is -0.493 e. The Morgan fingerprint density at radius 1 is 1.22 bits per heavy atom. The van der Waals surface area contributed by atoms with Crippen LogP contribution in [0.2, 0.25) is 0 Å². The molecular formula is C20H19FN2O3S. The van der Waals surface area contributed by atoms with Crippen LogP contribution in [-0.4, -0.2) is 24.6 Å². The largest absolute Gasteiger partial charge is 0.493 e. The molecule has 1 aromatic heterocycles. The molecule has 5 nitrogen and oxygen atoms in total. The molecule has 2 aromatic carbocycles. The fourth-order valence-electron chi connectivity index (χ4n) is 2.51. The Hall–Kier alpha value is -2.93. The zero-order chi connectivity index (χ0) is 19.2. The van der Waals surface area contributed by atoms with Gasteiger partial charge in [0.25, 0.3) is 5.91 Å². The smallest absolute Gasteiger partial charge is 0.271 e. The number of nitrogens with zero attached hydrogens (tertiary/aromatic N) is 1. The van der Waals surface area contributed by atoms with E-state index in [0.29, 0.717) is 34.4 Å². The lowest BCUT2D eigenvalue weighted by Gasteiger charge is -2.09. The molecule has 0 bridgehead atoms. The number of amides is 1. The van der Waals surface area contributed by atoms with Crippen LogP contribution in [0.5, 0.6) is 11.5 Å². The summed E-state index contributed by atoms with van der Waals surface area (Å²) in [4.78, 5) is 16.7. The van der Waals surface area contributed by atoms with Crippen molar-refractivity contribution in [2.45, 2.75) is 13.5 Å². The predicted molar refractivity (Wildman–Crippen MR) is 103 cm³/mol. The van der Waals surface area contributed by atoms with Gasteiger partial charge in [0.15, 0.2) is 11.5 Å². The molecule has 0 radical (unpaired) electrons. The van der Waals surface area contributed by atoms with Crippen LogP contribution in [0.3, 0.4) is 0 Å². The molecule has 0 fully saturated rings. The van der Waals surface area contributed by atoms with Gasteiger partial charge in [-0.05, 0) is 42.8 Å². The van der Waals surface area contributed by atoms with Crippen LogP contribution < -0.4 is 14.8 Å². The number of nitrogens with one attached hydrogen (secondary N) is 1. The third-order valence-electron chi connectivity index (χ3n) is 3.79. The second-order valence-corrected chi connectivity index (χ2v) is 6.51. The third-order valence-corrected chi connectivity index (χ3v) is 4.68. The molecule has 0 aliphatic heterocycles. The molecule has 7 heteroatoms. The number of hydrogen-bond acceptors (Lipinski definition) is 5. The van der Waals surface area contributed by atoms with Crippen molar-refractivity contribution < 1.29 is 18.7 Å². The number of thiazole rings is 1. The number of carbonyl (C=O) groups excluding carboxylic acids is 1. The fourth-order valence-corrected chi connectivity index (χ4v) is 3.30. The topological polar surface area (TPSA) is 60.5 Å². The van der Waals surface area contributed by atoms with E-state index in [-0.39, 0.29) is 18.3 Å². The highest BCUT2D eigenvalue weighted by Gasteiger charge is 2.14. The second-order valence-electron chi connectivity index (χ2n) is 5.65. The number of halogens is 1. The van der Waals surface area contributed by atoms with Gasteiger partial charge in [-0.15, -0.1) is 11.3 Å². The molecule has 1 amide bonds. The summed E-state index contributed by atoms with van der Waals surface area (Å²) in [5.74, 6) is 0.636. The van der Waals surface area contributed by atoms with E-state index < -0.39 is 0 Å². The predicted octanol–water partition coefficient (Wildman–Crippen LogP) is 4.29. The number of methoxy groups -OCH3 is 1. The summed E-state index contributed by atoms with van der Waals surface area (Å²) < 4.78 is 24.1. The molecular weight excluding hydrogens is 367 g/mol. The van der Waals surface area contributed by atoms with E-state index >= 15 is 0 Å². The summed E-state index contributed by atoms with van der Waals surface area (Å²) in [6.07, 6.45) is 0. The van der Waals surface area contributed by atoms with Gasteiger partial charge in [-0.1, -0.05) is 12.1 Å². The van der Waals surface area contributed by atoms with Gasteiger partial charge < -0.3 is 14.8 Å². The quantitative estimate of drug-likeness (QED) is 0.658. The van der Waals surface area contributed by atoms with Gasteiger partial charge in [0.05, 0.1) is 13.7 Å². The summed E-state index contributed by atoms with van der Waals surface area (Å²) in [6.45, 7) is 2.69. The molecule has 1 N–H and O–H groups in total. The molecule has 0 unspecified atom stereocenters. The van der Waals surface area contributed by atoms with E-state index in [0.717, 1.165) is 5.56 Å². The fraction of sp³-hybridized carbons (Fsp3) is 0.200. The van der Waals surface area contributed by atoms with Crippen LogP contribution in [0.25, 0.3) is 10.6 Å². The van der Waals surface area contributed by atoms with Crippen LogP contribution in [-0.2, 0) is 6.54 Å². The Morgan fingerprint density at radius 2 is 2.07 bits per heavy atom. The maximum atomic E-state index is 13.2. The molecule has 0 aliphatic rings. The molecule has 0 spiro atoms. The van der Waals surface area contributed by atoms with Crippen LogP contribution in [0.4, 0.5) is 4.39 Å². The molecule has 1 heterocycles. The summed E-state index contributed by atoms with van der Waals surface area (Å²) >= 11 is 1.37. The van der Waals surface area contributed by atoms with Crippen molar-refractivity contribution in [2.24, 2.45) is 0 Å². The monoisotopic (exact) mass is 386 g/mol. The highest BCUT2D eigenvalue weighted by Crippen LogP contribution is 2.33. The van der Waals surface area contributed by atoms with E-state index in [2.05, 4.69) is 10.3 Å². The minimum atomic E-state index is -0.331. The molecule has 0 aliphatic carbocycles. The lowest BCUT2D eigenvalue weighted by atomic mass is 10.2. The number of benzene rings is 2. The third kappa shape index (κ3) is 4.62. The summed E-state index contributed by atoms with van der Waals surface area (Å²) in [7, 11) is 1.58. The normalized spacial score (nSPS) is 10.5. The number of rotatable bonds is 7. The first-order valence-electron chi connectivity index (χ1n) is 8.40.